The van der Waals surface area contributed by atoms with Crippen LogP contribution in [0.15, 0.2) is 104 Å². The number of hydrogen-bond donors (Lipinski definition) is 0. The predicted octanol–water partition coefficient (Wildman–Crippen LogP) is 4.60. The first-order valence-electron chi connectivity index (χ1n) is 8.36. The fraction of sp³-hybridized carbons (Fsp3) is 0.0909. The summed E-state index contributed by atoms with van der Waals surface area (Å²) >= 11 is 0. The van der Waals surface area contributed by atoms with E-state index in [2.05, 4.69) is 18.7 Å². The first-order valence-corrected chi connectivity index (χ1v) is 10.0. The number of benzene rings is 3. The van der Waals surface area contributed by atoms with Gasteiger partial charge in [0.2, 0.25) is 7.29 Å². The standard InChI is InChI=1S/C22H22NOP/c1-2-18-23(19-20-12-6-3-7-13-20)25(24,21-14-8-4-9-15-21)22-16-10-5-11-17-22/h2-17H,1,18-19H2. The molecule has 0 bridgehead atoms. The third kappa shape index (κ3) is 3.82. The Morgan fingerprint density at radius 1 is 0.760 bits per heavy atom. The zero-order chi connectivity index (χ0) is 17.5. The van der Waals surface area contributed by atoms with Crippen molar-refractivity contribution in [3.63, 3.8) is 0 Å². The molecule has 0 unspecified atom stereocenters. The summed E-state index contributed by atoms with van der Waals surface area (Å²) in [4.78, 5) is 0. The van der Waals surface area contributed by atoms with Crippen LogP contribution in [0, 0.1) is 0 Å². The van der Waals surface area contributed by atoms with Gasteiger partial charge in [0.15, 0.2) is 0 Å². The van der Waals surface area contributed by atoms with Gasteiger partial charge >= 0.3 is 0 Å². The highest BCUT2D eigenvalue weighted by Crippen LogP contribution is 2.48. The molecular weight excluding hydrogens is 325 g/mol. The molecule has 0 amide bonds. The summed E-state index contributed by atoms with van der Waals surface area (Å²) in [6.07, 6.45) is 1.82. The van der Waals surface area contributed by atoms with Crippen molar-refractivity contribution >= 4 is 17.9 Å². The molecule has 0 aromatic heterocycles. The molecule has 0 spiro atoms. The summed E-state index contributed by atoms with van der Waals surface area (Å²) in [5.74, 6) is 0. The maximum Gasteiger partial charge on any atom is 0.207 e. The fourth-order valence-corrected chi connectivity index (χ4v) is 5.77. The minimum Gasteiger partial charge on any atom is -0.296 e. The summed E-state index contributed by atoms with van der Waals surface area (Å²) in [6.45, 7) is 5.04. The quantitative estimate of drug-likeness (QED) is 0.460. The topological polar surface area (TPSA) is 20.3 Å². The Hall–Kier alpha value is -2.41. The highest BCUT2D eigenvalue weighted by molar-refractivity contribution is 7.76. The predicted molar refractivity (Wildman–Crippen MR) is 107 cm³/mol. The van der Waals surface area contributed by atoms with E-state index in [0.717, 1.165) is 16.2 Å². The van der Waals surface area contributed by atoms with Gasteiger partial charge in [0.1, 0.15) is 0 Å². The Balaban J connectivity index is 2.11. The molecule has 0 aliphatic heterocycles. The Bertz CT molecular complexity index is 803. The normalized spacial score (nSPS) is 11.4. The van der Waals surface area contributed by atoms with Crippen LogP contribution in [0.25, 0.3) is 0 Å². The lowest BCUT2D eigenvalue weighted by atomic mass is 10.2. The van der Waals surface area contributed by atoms with Crippen LogP contribution in [0.5, 0.6) is 0 Å². The van der Waals surface area contributed by atoms with Gasteiger partial charge in [0.05, 0.1) is 0 Å². The summed E-state index contributed by atoms with van der Waals surface area (Å²) in [5, 5.41) is 1.69. The Morgan fingerprint density at radius 2 is 1.20 bits per heavy atom. The second-order valence-electron chi connectivity index (χ2n) is 5.87. The van der Waals surface area contributed by atoms with Crippen molar-refractivity contribution in [2.45, 2.75) is 6.54 Å². The SMILES string of the molecule is C=CCN(Cc1ccccc1)P(=O)(c1ccccc1)c1ccccc1. The third-order valence-electron chi connectivity index (χ3n) is 4.16. The van der Waals surface area contributed by atoms with E-state index in [0.29, 0.717) is 13.1 Å². The van der Waals surface area contributed by atoms with Gasteiger partial charge < -0.3 is 0 Å². The van der Waals surface area contributed by atoms with Crippen LogP contribution in [-0.4, -0.2) is 11.2 Å². The molecular formula is C22H22NOP. The Kier molecular flexibility index (Phi) is 5.65. The minimum atomic E-state index is -2.95. The van der Waals surface area contributed by atoms with E-state index in [9.17, 15) is 4.57 Å². The van der Waals surface area contributed by atoms with Crippen molar-refractivity contribution in [1.29, 1.82) is 0 Å². The molecule has 0 saturated carbocycles. The van der Waals surface area contributed by atoms with Gasteiger partial charge in [-0.25, -0.2) is 4.67 Å². The molecule has 3 aromatic rings. The molecule has 0 radical (unpaired) electrons. The summed E-state index contributed by atoms with van der Waals surface area (Å²) < 4.78 is 16.4. The van der Waals surface area contributed by atoms with Gasteiger partial charge in [-0.1, -0.05) is 72.8 Å². The molecule has 25 heavy (non-hydrogen) atoms. The van der Waals surface area contributed by atoms with E-state index in [-0.39, 0.29) is 0 Å². The van der Waals surface area contributed by atoms with Crippen LogP contribution in [0.3, 0.4) is 0 Å². The molecule has 0 heterocycles. The van der Waals surface area contributed by atoms with Crippen LogP contribution >= 0.6 is 7.29 Å². The zero-order valence-corrected chi connectivity index (χ0v) is 15.1. The lowest BCUT2D eigenvalue weighted by Crippen LogP contribution is -2.32. The molecule has 3 heteroatoms. The summed E-state index contributed by atoms with van der Waals surface area (Å²) in [5.41, 5.74) is 1.14. The monoisotopic (exact) mass is 347 g/mol. The van der Waals surface area contributed by atoms with Gasteiger partial charge in [-0.05, 0) is 29.8 Å². The molecule has 3 aromatic carbocycles. The highest BCUT2D eigenvalue weighted by Gasteiger charge is 2.33. The molecule has 0 aliphatic rings. The second kappa shape index (κ2) is 8.11. The van der Waals surface area contributed by atoms with Gasteiger partial charge in [-0.3, -0.25) is 4.57 Å². The third-order valence-corrected chi connectivity index (χ3v) is 7.26. The fourth-order valence-electron chi connectivity index (χ4n) is 2.96. The molecule has 126 valence electrons. The molecule has 0 fully saturated rings. The van der Waals surface area contributed by atoms with Crippen LogP contribution < -0.4 is 10.6 Å². The molecule has 0 atom stereocenters. The maximum atomic E-state index is 14.4. The lowest BCUT2D eigenvalue weighted by Gasteiger charge is -2.32. The smallest absolute Gasteiger partial charge is 0.207 e. The molecule has 0 N–H and O–H groups in total. The van der Waals surface area contributed by atoms with Crippen molar-refractivity contribution in [1.82, 2.24) is 4.67 Å². The minimum absolute atomic E-state index is 0.552. The second-order valence-corrected chi connectivity index (χ2v) is 8.62. The van der Waals surface area contributed by atoms with E-state index in [4.69, 9.17) is 0 Å². The van der Waals surface area contributed by atoms with Crippen molar-refractivity contribution in [3.8, 4) is 0 Å². The number of hydrogen-bond acceptors (Lipinski definition) is 1. The van der Waals surface area contributed by atoms with E-state index in [1.165, 1.54) is 0 Å². The van der Waals surface area contributed by atoms with Crippen LogP contribution in [0.4, 0.5) is 0 Å². The van der Waals surface area contributed by atoms with Gasteiger partial charge in [0.25, 0.3) is 0 Å². The van der Waals surface area contributed by atoms with Crippen molar-refractivity contribution in [3.05, 3.63) is 109 Å². The maximum absolute atomic E-state index is 14.4. The van der Waals surface area contributed by atoms with Gasteiger partial charge in [0, 0.05) is 23.7 Å². The Labute approximate surface area is 149 Å². The first kappa shape index (κ1) is 17.4. The summed E-state index contributed by atoms with van der Waals surface area (Å²) in [7, 11) is -2.95. The van der Waals surface area contributed by atoms with Gasteiger partial charge in [-0.15, -0.1) is 6.58 Å². The molecule has 3 rings (SSSR count). The van der Waals surface area contributed by atoms with Crippen molar-refractivity contribution in [2.75, 3.05) is 6.54 Å². The molecule has 2 nitrogen and oxygen atoms in total. The summed E-state index contributed by atoms with van der Waals surface area (Å²) in [6, 6.07) is 29.6. The first-order chi connectivity index (χ1) is 12.2. The number of rotatable bonds is 7. The average Bonchev–Trinajstić information content (AvgIpc) is 2.69. The Morgan fingerprint density at radius 3 is 1.64 bits per heavy atom. The van der Waals surface area contributed by atoms with Gasteiger partial charge in [-0.2, -0.15) is 0 Å². The largest absolute Gasteiger partial charge is 0.296 e. The van der Waals surface area contributed by atoms with Crippen molar-refractivity contribution < 1.29 is 4.57 Å². The number of nitrogens with zero attached hydrogens (tertiary/aromatic N) is 1. The lowest BCUT2D eigenvalue weighted by molar-refractivity contribution is 0.451. The molecule has 0 aliphatic carbocycles. The highest BCUT2D eigenvalue weighted by atomic mass is 31.2. The van der Waals surface area contributed by atoms with Crippen molar-refractivity contribution in [2.24, 2.45) is 0 Å². The van der Waals surface area contributed by atoms with E-state index in [1.807, 2.05) is 89.6 Å². The van der Waals surface area contributed by atoms with E-state index in [1.54, 1.807) is 0 Å². The van der Waals surface area contributed by atoms with Crippen LogP contribution in [-0.2, 0) is 11.1 Å². The molecule has 0 saturated heterocycles. The zero-order valence-electron chi connectivity index (χ0n) is 14.2. The van der Waals surface area contributed by atoms with E-state index < -0.39 is 7.29 Å². The van der Waals surface area contributed by atoms with Crippen LogP contribution in [0.2, 0.25) is 0 Å². The van der Waals surface area contributed by atoms with E-state index >= 15 is 0 Å². The average molecular weight is 347 g/mol. The van der Waals surface area contributed by atoms with Crippen LogP contribution in [0.1, 0.15) is 5.56 Å².